The van der Waals surface area contributed by atoms with E-state index in [0.717, 1.165) is 0 Å². The Kier molecular flexibility index (Phi) is 1.04. The van der Waals surface area contributed by atoms with E-state index in [1.54, 1.807) is 0 Å². The van der Waals surface area contributed by atoms with E-state index in [0.29, 0.717) is 0 Å². The normalized spacial score (nSPS) is 9.00. The molecule has 0 aromatic carbocycles. The number of hydrogen-bond donors (Lipinski definition) is 2. The third-order valence-electron chi connectivity index (χ3n) is 0.780. The second-order valence-corrected chi connectivity index (χ2v) is 1.43. The predicted octanol–water partition coefficient (Wildman–Crippen LogP) is -0.0881. The quantitative estimate of drug-likeness (QED) is 0.493. The smallest absolute Gasteiger partial charge is 0.363 e. The van der Waals surface area contributed by atoms with Gasteiger partial charge in [-0.1, -0.05) is 0 Å². The highest BCUT2D eigenvalue weighted by molar-refractivity contribution is 5.14. The van der Waals surface area contributed by atoms with Gasteiger partial charge >= 0.3 is 5.88 Å². The maximum atomic E-state index is 8.61. The van der Waals surface area contributed by atoms with Crippen LogP contribution in [-0.4, -0.2) is 10.2 Å². The molecular weight excluding hydrogens is 106 g/mol. The Morgan fingerprint density at radius 1 is 1.25 bits per heavy atom. The van der Waals surface area contributed by atoms with E-state index >= 15 is 0 Å². The predicted molar refractivity (Wildman–Crippen MR) is 26.3 cm³/mol. The number of aromatic nitrogens is 1. The van der Waals surface area contributed by atoms with Gasteiger partial charge < -0.3 is 10.2 Å². The number of hydrogen-bond acceptors (Lipinski definition) is 2. The summed E-state index contributed by atoms with van der Waals surface area (Å²) < 4.78 is 0. The highest BCUT2D eigenvalue weighted by Gasteiger charge is 1.93. The Labute approximate surface area is 46.2 Å². The van der Waals surface area contributed by atoms with Crippen molar-refractivity contribution in [1.82, 2.24) is 0 Å². The fraction of sp³-hybridized carbons (Fsp3) is 0. The Bertz CT molecular complexity index is 149. The summed E-state index contributed by atoms with van der Waals surface area (Å²) in [5.74, 6) is 0.158. The SMILES string of the molecule is Oc1ccc(O)[nH+]c1. The van der Waals surface area contributed by atoms with Crippen LogP contribution in [0.15, 0.2) is 18.3 Å². The van der Waals surface area contributed by atoms with E-state index in [4.69, 9.17) is 10.2 Å². The van der Waals surface area contributed by atoms with E-state index in [1.807, 2.05) is 0 Å². The van der Waals surface area contributed by atoms with Crippen molar-refractivity contribution < 1.29 is 15.2 Å². The van der Waals surface area contributed by atoms with Gasteiger partial charge in [0, 0.05) is 0 Å². The Hall–Kier alpha value is -1.25. The number of nitrogens with one attached hydrogen (secondary N) is 1. The van der Waals surface area contributed by atoms with Crippen molar-refractivity contribution in [3.8, 4) is 11.6 Å². The zero-order valence-electron chi connectivity index (χ0n) is 4.13. The molecule has 1 aromatic rings. The van der Waals surface area contributed by atoms with Crippen LogP contribution in [0, 0.1) is 0 Å². The lowest BCUT2D eigenvalue weighted by Crippen LogP contribution is -1.98. The molecular formula is C5H6NO2+. The average molecular weight is 112 g/mol. The first-order valence-corrected chi connectivity index (χ1v) is 2.19. The molecule has 0 saturated carbocycles. The van der Waals surface area contributed by atoms with Crippen molar-refractivity contribution in [2.45, 2.75) is 0 Å². The minimum absolute atomic E-state index is 0.0443. The van der Waals surface area contributed by atoms with Gasteiger partial charge in [0.25, 0.3) is 0 Å². The van der Waals surface area contributed by atoms with E-state index in [-0.39, 0.29) is 11.6 Å². The standard InChI is InChI=1S/C5H5NO2/c7-4-1-2-5(8)6-3-4/h1-3,7H,(H,6,8)/p+1. The largest absolute Gasteiger partial charge is 0.503 e. The van der Waals surface area contributed by atoms with Gasteiger partial charge in [0.05, 0.1) is 6.07 Å². The summed E-state index contributed by atoms with van der Waals surface area (Å²) in [6.07, 6.45) is 1.30. The van der Waals surface area contributed by atoms with Crippen LogP contribution >= 0.6 is 0 Å². The van der Waals surface area contributed by atoms with Crippen LogP contribution < -0.4 is 4.98 Å². The molecule has 0 unspecified atom stereocenters. The molecule has 3 heteroatoms. The van der Waals surface area contributed by atoms with Gasteiger partial charge in [-0.05, 0) is 6.07 Å². The summed E-state index contributed by atoms with van der Waals surface area (Å²) in [7, 11) is 0. The maximum absolute atomic E-state index is 8.61. The van der Waals surface area contributed by atoms with Gasteiger partial charge in [-0.15, -0.1) is 0 Å². The van der Waals surface area contributed by atoms with Crippen molar-refractivity contribution in [2.24, 2.45) is 0 Å². The Morgan fingerprint density at radius 3 is 2.38 bits per heavy atom. The van der Waals surface area contributed by atoms with Crippen LogP contribution in [0.25, 0.3) is 0 Å². The summed E-state index contributed by atoms with van der Waals surface area (Å²) >= 11 is 0. The third-order valence-corrected chi connectivity index (χ3v) is 0.780. The molecule has 0 radical (unpaired) electrons. The fourth-order valence-electron chi connectivity index (χ4n) is 0.408. The van der Waals surface area contributed by atoms with Crippen LogP contribution in [0.4, 0.5) is 0 Å². The minimum Gasteiger partial charge on any atom is -0.503 e. The fourth-order valence-corrected chi connectivity index (χ4v) is 0.408. The van der Waals surface area contributed by atoms with Crippen LogP contribution in [0.2, 0.25) is 0 Å². The summed E-state index contributed by atoms with van der Waals surface area (Å²) in [6, 6.07) is 2.77. The first kappa shape index (κ1) is 4.90. The maximum Gasteiger partial charge on any atom is 0.363 e. The zero-order valence-corrected chi connectivity index (χ0v) is 4.13. The molecule has 3 N–H and O–H groups in total. The van der Waals surface area contributed by atoms with Crippen molar-refractivity contribution in [2.75, 3.05) is 0 Å². The van der Waals surface area contributed by atoms with Gasteiger partial charge in [-0.25, -0.2) is 0 Å². The first-order valence-electron chi connectivity index (χ1n) is 2.19. The lowest BCUT2D eigenvalue weighted by Gasteiger charge is -1.81. The number of aromatic hydroxyl groups is 2. The van der Waals surface area contributed by atoms with Crippen molar-refractivity contribution in [3.05, 3.63) is 18.3 Å². The molecule has 0 aliphatic heterocycles. The molecule has 3 nitrogen and oxygen atoms in total. The molecule has 1 rings (SSSR count). The second-order valence-electron chi connectivity index (χ2n) is 1.43. The Balaban J connectivity index is 3.03. The topological polar surface area (TPSA) is 54.6 Å². The first-order chi connectivity index (χ1) is 3.79. The van der Waals surface area contributed by atoms with Gasteiger partial charge in [-0.2, -0.15) is 4.98 Å². The van der Waals surface area contributed by atoms with Gasteiger partial charge in [0.15, 0.2) is 5.75 Å². The van der Waals surface area contributed by atoms with Gasteiger partial charge in [-0.3, -0.25) is 0 Å². The van der Waals surface area contributed by atoms with Crippen molar-refractivity contribution in [3.63, 3.8) is 0 Å². The van der Waals surface area contributed by atoms with E-state index in [2.05, 4.69) is 4.98 Å². The monoisotopic (exact) mass is 112 g/mol. The molecule has 0 saturated heterocycles. The second kappa shape index (κ2) is 1.69. The molecule has 0 aliphatic rings. The lowest BCUT2D eigenvalue weighted by atomic mass is 10.5. The average Bonchev–Trinajstić information content (AvgIpc) is 1.77. The molecule has 8 heavy (non-hydrogen) atoms. The molecule has 0 amide bonds. The van der Waals surface area contributed by atoms with Gasteiger partial charge in [0.2, 0.25) is 6.20 Å². The van der Waals surface area contributed by atoms with Crippen LogP contribution in [0.1, 0.15) is 0 Å². The van der Waals surface area contributed by atoms with E-state index < -0.39 is 0 Å². The summed E-state index contributed by atoms with van der Waals surface area (Å²) in [5, 5.41) is 17.2. The number of H-pyrrole nitrogens is 1. The molecule has 0 spiro atoms. The summed E-state index contributed by atoms with van der Waals surface area (Å²) in [6.45, 7) is 0. The van der Waals surface area contributed by atoms with Crippen molar-refractivity contribution in [1.29, 1.82) is 0 Å². The highest BCUT2D eigenvalue weighted by Crippen LogP contribution is 2.04. The summed E-state index contributed by atoms with van der Waals surface area (Å²) in [4.78, 5) is 2.41. The number of aromatic amines is 1. The molecule has 0 aliphatic carbocycles. The zero-order chi connectivity index (χ0) is 5.98. The molecule has 1 aromatic heterocycles. The summed E-state index contributed by atoms with van der Waals surface area (Å²) in [5.41, 5.74) is 0. The molecule has 0 fully saturated rings. The van der Waals surface area contributed by atoms with Crippen LogP contribution in [-0.2, 0) is 0 Å². The molecule has 1 heterocycles. The lowest BCUT2D eigenvalue weighted by molar-refractivity contribution is -0.395. The minimum atomic E-state index is 0.0443. The molecule has 0 bridgehead atoms. The van der Waals surface area contributed by atoms with Crippen LogP contribution in [0.3, 0.4) is 0 Å². The van der Waals surface area contributed by atoms with Crippen LogP contribution in [0.5, 0.6) is 11.6 Å². The third kappa shape index (κ3) is 0.872. The Morgan fingerprint density at radius 2 is 2.00 bits per heavy atom. The molecule has 42 valence electrons. The van der Waals surface area contributed by atoms with E-state index in [9.17, 15) is 0 Å². The van der Waals surface area contributed by atoms with E-state index in [1.165, 1.54) is 18.3 Å². The highest BCUT2D eigenvalue weighted by atomic mass is 16.3. The molecule has 0 atom stereocenters. The number of pyridine rings is 1. The van der Waals surface area contributed by atoms with Gasteiger partial charge in [0.1, 0.15) is 0 Å². The number of rotatable bonds is 0. The van der Waals surface area contributed by atoms with Crippen molar-refractivity contribution >= 4 is 0 Å².